The van der Waals surface area contributed by atoms with Gasteiger partial charge in [0.1, 0.15) is 6.54 Å². The Morgan fingerprint density at radius 1 is 1.07 bits per heavy atom. The average Bonchev–Trinajstić information content (AvgIpc) is 3.55. The number of methoxy groups -OCH3 is 1. The zero-order chi connectivity index (χ0) is 30.6. The van der Waals surface area contributed by atoms with Crippen molar-refractivity contribution in [2.45, 2.75) is 91.6 Å². The van der Waals surface area contributed by atoms with Crippen molar-refractivity contribution in [3.05, 3.63) is 76.6 Å². The molecule has 0 aliphatic heterocycles. The van der Waals surface area contributed by atoms with Crippen LogP contribution in [0.3, 0.4) is 0 Å². The lowest BCUT2D eigenvalue weighted by molar-refractivity contribution is -0.141. The fourth-order valence-corrected chi connectivity index (χ4v) is 6.77. The molecule has 1 aliphatic carbocycles. The molecule has 226 valence electrons. The molecule has 1 aliphatic rings. The maximum Gasteiger partial charge on any atom is 0.325 e. The van der Waals surface area contributed by atoms with Gasteiger partial charge in [-0.1, -0.05) is 51.5 Å². The molecule has 2 N–H and O–H groups in total. The number of aromatic nitrogens is 1. The van der Waals surface area contributed by atoms with Crippen molar-refractivity contribution in [3.63, 3.8) is 0 Å². The van der Waals surface area contributed by atoms with Crippen LogP contribution in [0.2, 0.25) is 0 Å². The molecule has 2 heterocycles. The van der Waals surface area contributed by atoms with E-state index in [9.17, 15) is 14.4 Å². The van der Waals surface area contributed by atoms with Crippen molar-refractivity contribution in [2.24, 2.45) is 17.1 Å². The van der Waals surface area contributed by atoms with Gasteiger partial charge < -0.3 is 19.8 Å². The van der Waals surface area contributed by atoms with E-state index in [4.69, 9.17) is 10.5 Å². The third-order valence-corrected chi connectivity index (χ3v) is 9.48. The smallest absolute Gasteiger partial charge is 0.325 e. The summed E-state index contributed by atoms with van der Waals surface area (Å²) in [6, 6.07) is 13.6. The van der Waals surface area contributed by atoms with Crippen molar-refractivity contribution in [1.29, 1.82) is 0 Å². The number of esters is 1. The summed E-state index contributed by atoms with van der Waals surface area (Å²) in [6.45, 7) is 10.3. The largest absolute Gasteiger partial charge is 0.468 e. The number of amides is 1. The predicted octanol–water partition coefficient (Wildman–Crippen LogP) is 6.23. The summed E-state index contributed by atoms with van der Waals surface area (Å²) < 4.78 is 6.64. The first kappa shape index (κ1) is 31.5. The summed E-state index contributed by atoms with van der Waals surface area (Å²) in [5.74, 6) is -0.175. The Morgan fingerprint density at radius 2 is 1.79 bits per heavy atom. The molecule has 2 atom stereocenters. The Hall–Kier alpha value is -3.45. The second-order valence-corrected chi connectivity index (χ2v) is 12.5. The first-order valence-electron chi connectivity index (χ1n) is 15.4. The number of hydrogen-bond donors (Lipinski definition) is 1. The molecule has 4 rings (SSSR count). The van der Waals surface area contributed by atoms with Crippen LogP contribution < -0.4 is 5.73 Å². The third-order valence-electron chi connectivity index (χ3n) is 9.48. The number of fused-ring (bicyclic) bond motifs is 1. The van der Waals surface area contributed by atoms with Gasteiger partial charge in [0.2, 0.25) is 5.78 Å². The molecule has 0 radical (unpaired) electrons. The summed E-state index contributed by atoms with van der Waals surface area (Å²) in [5.41, 5.74) is 11.5. The highest BCUT2D eigenvalue weighted by Gasteiger charge is 2.42. The Balaban J connectivity index is 1.51. The van der Waals surface area contributed by atoms with Crippen LogP contribution in [0.4, 0.5) is 0 Å². The van der Waals surface area contributed by atoms with Crippen LogP contribution in [0.1, 0.15) is 104 Å². The van der Waals surface area contributed by atoms with E-state index in [1.165, 1.54) is 30.4 Å². The van der Waals surface area contributed by atoms with Gasteiger partial charge in [-0.15, -0.1) is 0 Å². The molecule has 1 saturated carbocycles. The molecule has 1 aromatic carbocycles. The van der Waals surface area contributed by atoms with Gasteiger partial charge in [0, 0.05) is 34.9 Å². The molecule has 0 saturated heterocycles. The summed E-state index contributed by atoms with van der Waals surface area (Å²) >= 11 is 0. The summed E-state index contributed by atoms with van der Waals surface area (Å²) in [7, 11) is 1.31. The number of nitrogens with two attached hydrogens (primary N) is 1. The highest BCUT2D eigenvalue weighted by molar-refractivity contribution is 6.10. The molecular weight excluding hydrogens is 526 g/mol. The van der Waals surface area contributed by atoms with Crippen LogP contribution in [0, 0.1) is 11.3 Å². The lowest BCUT2D eigenvalue weighted by atomic mass is 9.69. The molecular formula is C35H47N3O4. The van der Waals surface area contributed by atoms with Crippen molar-refractivity contribution in [1.82, 2.24) is 9.30 Å². The molecule has 2 unspecified atom stereocenters. The maximum atomic E-state index is 13.8. The molecule has 2 aromatic heterocycles. The Labute approximate surface area is 250 Å². The Kier molecular flexibility index (Phi) is 9.93. The zero-order valence-corrected chi connectivity index (χ0v) is 26.1. The SMILES string of the molecule is CCc1cc2cc(C(=O)N(CC(=O)OC)C(C)C)ccn2c1C(=O)c1ccc(CCCC2(C(C)C)CCCC2N)cc1. The highest BCUT2D eigenvalue weighted by atomic mass is 16.5. The maximum absolute atomic E-state index is 13.8. The van der Waals surface area contributed by atoms with E-state index in [0.29, 0.717) is 35.2 Å². The number of carbonyl (C=O) groups excluding carboxylic acids is 3. The van der Waals surface area contributed by atoms with E-state index < -0.39 is 5.97 Å². The first-order valence-corrected chi connectivity index (χ1v) is 15.4. The summed E-state index contributed by atoms with van der Waals surface area (Å²) in [6.07, 6.45) is 9.26. The monoisotopic (exact) mass is 573 g/mol. The van der Waals surface area contributed by atoms with E-state index in [1.54, 1.807) is 18.3 Å². The lowest BCUT2D eigenvalue weighted by Crippen LogP contribution is -2.41. The second kappa shape index (κ2) is 13.2. The van der Waals surface area contributed by atoms with Gasteiger partial charge in [-0.05, 0) is 93.0 Å². The first-order chi connectivity index (χ1) is 20.0. The van der Waals surface area contributed by atoms with E-state index in [1.807, 2.05) is 43.4 Å². The molecule has 42 heavy (non-hydrogen) atoms. The topological polar surface area (TPSA) is 94.1 Å². The van der Waals surface area contributed by atoms with Crippen molar-refractivity contribution in [3.8, 4) is 0 Å². The fraction of sp³-hybridized carbons (Fsp3) is 0.514. The number of nitrogens with zero attached hydrogens (tertiary/aromatic N) is 2. The van der Waals surface area contributed by atoms with Gasteiger partial charge in [-0.25, -0.2) is 0 Å². The van der Waals surface area contributed by atoms with Crippen molar-refractivity contribution >= 4 is 23.2 Å². The van der Waals surface area contributed by atoms with Crippen molar-refractivity contribution in [2.75, 3.05) is 13.7 Å². The van der Waals surface area contributed by atoms with E-state index in [0.717, 1.165) is 36.8 Å². The van der Waals surface area contributed by atoms with Gasteiger partial charge in [0.25, 0.3) is 5.91 Å². The lowest BCUT2D eigenvalue weighted by Gasteiger charge is -2.38. The van der Waals surface area contributed by atoms with Crippen molar-refractivity contribution < 1.29 is 19.1 Å². The molecule has 1 amide bonds. The van der Waals surface area contributed by atoms with Crippen LogP contribution in [0.15, 0.2) is 48.7 Å². The fourth-order valence-electron chi connectivity index (χ4n) is 6.77. The number of ether oxygens (including phenoxy) is 1. The second-order valence-electron chi connectivity index (χ2n) is 12.5. The van der Waals surface area contributed by atoms with E-state index in [-0.39, 0.29) is 29.7 Å². The van der Waals surface area contributed by atoms with Crippen LogP contribution in [0.25, 0.3) is 5.52 Å². The van der Waals surface area contributed by atoms with Crippen LogP contribution >= 0.6 is 0 Å². The minimum Gasteiger partial charge on any atom is -0.468 e. The average molecular weight is 574 g/mol. The van der Waals surface area contributed by atoms with Gasteiger partial charge in [0.15, 0.2) is 0 Å². The Morgan fingerprint density at radius 3 is 2.36 bits per heavy atom. The molecule has 3 aromatic rings. The standard InChI is InChI=1S/C35H47N3O4/c1-7-26-20-29-21-28(34(41)38(24(4)5)22-31(39)42-6)16-19-37(29)32(26)33(40)27-14-12-25(13-15-27)10-8-17-35(23(2)3)18-9-11-30(35)36/h12-16,19-21,23-24,30H,7-11,17-18,22,36H2,1-6H3. The van der Waals surface area contributed by atoms with Gasteiger partial charge in [0.05, 0.1) is 12.8 Å². The Bertz CT molecular complexity index is 1420. The minimum absolute atomic E-state index is 0.0392. The number of aryl methyl sites for hydroxylation is 2. The van der Waals surface area contributed by atoms with E-state index in [2.05, 4.69) is 26.0 Å². The molecule has 0 bridgehead atoms. The number of pyridine rings is 1. The normalized spacial score (nSPS) is 18.6. The van der Waals surface area contributed by atoms with Crippen LogP contribution in [-0.4, -0.2) is 52.7 Å². The number of carbonyl (C=O) groups is 3. The van der Waals surface area contributed by atoms with E-state index >= 15 is 0 Å². The number of hydrogen-bond acceptors (Lipinski definition) is 5. The summed E-state index contributed by atoms with van der Waals surface area (Å²) in [4.78, 5) is 40.4. The van der Waals surface area contributed by atoms with Gasteiger partial charge in [-0.2, -0.15) is 0 Å². The molecule has 0 spiro atoms. The third kappa shape index (κ3) is 6.31. The molecule has 1 fully saturated rings. The van der Waals surface area contributed by atoms with Gasteiger partial charge in [-0.3, -0.25) is 14.4 Å². The molecule has 7 nitrogen and oxygen atoms in total. The quantitative estimate of drug-likeness (QED) is 0.205. The number of ketones is 1. The minimum atomic E-state index is -0.467. The van der Waals surface area contributed by atoms with Gasteiger partial charge >= 0.3 is 5.97 Å². The predicted molar refractivity (Wildman–Crippen MR) is 167 cm³/mol. The molecule has 7 heteroatoms. The summed E-state index contributed by atoms with van der Waals surface area (Å²) in [5, 5.41) is 0. The van der Waals surface area contributed by atoms with Crippen LogP contribution in [0.5, 0.6) is 0 Å². The number of rotatable bonds is 12. The number of benzene rings is 1. The van der Waals surface area contributed by atoms with Crippen LogP contribution in [-0.2, 0) is 22.4 Å². The highest BCUT2D eigenvalue weighted by Crippen LogP contribution is 2.47. The zero-order valence-electron chi connectivity index (χ0n) is 26.1.